The van der Waals surface area contributed by atoms with Gasteiger partial charge in [-0.15, -0.1) is 11.8 Å². The first-order chi connectivity index (χ1) is 8.08. The molecule has 1 unspecified atom stereocenters. The summed E-state index contributed by atoms with van der Waals surface area (Å²) < 4.78 is 17.9. The Balaban J connectivity index is 2.19. The molecule has 90 valence electrons. The highest BCUT2D eigenvalue weighted by Crippen LogP contribution is 2.30. The summed E-state index contributed by atoms with van der Waals surface area (Å²) in [5, 5.41) is 8.43. The van der Waals surface area contributed by atoms with Crippen molar-refractivity contribution in [3.05, 3.63) is 29.6 Å². The number of hydrogen-bond donors (Lipinski definition) is 1. The van der Waals surface area contributed by atoms with Crippen LogP contribution in [0.3, 0.4) is 0 Å². The molecule has 1 heterocycles. The lowest BCUT2D eigenvalue weighted by atomic mass is 10.2. The molecule has 4 nitrogen and oxygen atoms in total. The number of hydrogen-bond acceptors (Lipinski definition) is 4. The van der Waals surface area contributed by atoms with Crippen molar-refractivity contribution in [2.75, 3.05) is 6.61 Å². The molecule has 1 fully saturated rings. The third-order valence-electron chi connectivity index (χ3n) is 2.33. The minimum Gasteiger partial charge on any atom is -0.478 e. The highest BCUT2D eigenvalue weighted by Gasteiger charge is 2.27. The molecule has 1 aliphatic rings. The van der Waals surface area contributed by atoms with Crippen molar-refractivity contribution in [1.29, 1.82) is 0 Å². The SMILES string of the molecule is O=C(O)c1cc(SC2CCOC2=O)ccc1F. The Hall–Kier alpha value is -1.56. The molecule has 0 aromatic heterocycles. The maximum Gasteiger partial charge on any atom is 0.338 e. The van der Waals surface area contributed by atoms with E-state index in [1.807, 2.05) is 0 Å². The van der Waals surface area contributed by atoms with E-state index < -0.39 is 11.8 Å². The van der Waals surface area contributed by atoms with E-state index in [2.05, 4.69) is 0 Å². The summed E-state index contributed by atoms with van der Waals surface area (Å²) in [6, 6.07) is 3.78. The van der Waals surface area contributed by atoms with Crippen molar-refractivity contribution in [2.45, 2.75) is 16.6 Å². The molecule has 0 amide bonds. The van der Waals surface area contributed by atoms with Crippen LogP contribution in [0.25, 0.3) is 0 Å². The molecule has 0 radical (unpaired) electrons. The summed E-state index contributed by atoms with van der Waals surface area (Å²) in [6.07, 6.45) is 0.587. The van der Waals surface area contributed by atoms with Gasteiger partial charge in [-0.1, -0.05) is 0 Å². The summed E-state index contributed by atoms with van der Waals surface area (Å²) in [5.74, 6) is -2.41. The Morgan fingerprint density at radius 3 is 2.88 bits per heavy atom. The number of aromatic carboxylic acids is 1. The van der Waals surface area contributed by atoms with Gasteiger partial charge in [-0.25, -0.2) is 9.18 Å². The molecule has 6 heteroatoms. The maximum atomic E-state index is 13.1. The van der Waals surface area contributed by atoms with Crippen LogP contribution in [0, 0.1) is 5.82 Å². The van der Waals surface area contributed by atoms with Crippen molar-refractivity contribution in [3.8, 4) is 0 Å². The van der Waals surface area contributed by atoms with E-state index in [4.69, 9.17) is 9.84 Å². The van der Waals surface area contributed by atoms with Gasteiger partial charge in [-0.2, -0.15) is 0 Å². The number of carbonyl (C=O) groups excluding carboxylic acids is 1. The number of carboxylic acid groups (broad SMARTS) is 1. The molecule has 0 spiro atoms. The van der Waals surface area contributed by atoms with Gasteiger partial charge in [0.2, 0.25) is 0 Å². The van der Waals surface area contributed by atoms with Gasteiger partial charge in [0.15, 0.2) is 0 Å². The third kappa shape index (κ3) is 2.58. The first-order valence-corrected chi connectivity index (χ1v) is 5.82. The molecular formula is C11H9FO4S. The van der Waals surface area contributed by atoms with Crippen LogP contribution in [-0.2, 0) is 9.53 Å². The van der Waals surface area contributed by atoms with Crippen LogP contribution in [0.1, 0.15) is 16.8 Å². The van der Waals surface area contributed by atoms with Crippen LogP contribution < -0.4 is 0 Å². The Labute approximate surface area is 101 Å². The quantitative estimate of drug-likeness (QED) is 0.837. The number of benzene rings is 1. The Morgan fingerprint density at radius 2 is 2.29 bits per heavy atom. The average molecular weight is 256 g/mol. The van der Waals surface area contributed by atoms with E-state index in [9.17, 15) is 14.0 Å². The number of esters is 1. The lowest BCUT2D eigenvalue weighted by Gasteiger charge is -2.06. The molecule has 1 saturated heterocycles. The van der Waals surface area contributed by atoms with Crippen LogP contribution >= 0.6 is 11.8 Å². The van der Waals surface area contributed by atoms with E-state index in [0.717, 1.165) is 6.07 Å². The molecule has 1 aromatic carbocycles. The Kier molecular flexibility index (Phi) is 3.33. The fourth-order valence-corrected chi connectivity index (χ4v) is 2.53. The summed E-state index contributed by atoms with van der Waals surface area (Å²) in [6.45, 7) is 0.378. The normalized spacial score (nSPS) is 19.1. The van der Waals surface area contributed by atoms with Crippen molar-refractivity contribution >= 4 is 23.7 Å². The van der Waals surface area contributed by atoms with E-state index in [0.29, 0.717) is 17.9 Å². The zero-order valence-electron chi connectivity index (χ0n) is 8.68. The predicted molar refractivity (Wildman–Crippen MR) is 58.6 cm³/mol. The third-order valence-corrected chi connectivity index (χ3v) is 3.57. The minimum atomic E-state index is -1.32. The topological polar surface area (TPSA) is 63.6 Å². The monoisotopic (exact) mass is 256 g/mol. The van der Waals surface area contributed by atoms with Gasteiger partial charge in [-0.05, 0) is 18.2 Å². The zero-order chi connectivity index (χ0) is 12.4. The van der Waals surface area contributed by atoms with Crippen LogP contribution in [-0.4, -0.2) is 28.9 Å². The van der Waals surface area contributed by atoms with Crippen LogP contribution in [0.2, 0.25) is 0 Å². The standard InChI is InChI=1S/C11H9FO4S/c12-8-2-1-6(5-7(8)10(13)14)17-9-3-4-16-11(9)15/h1-2,5,9H,3-4H2,(H,13,14). The number of carbonyl (C=O) groups is 2. The summed E-state index contributed by atoms with van der Waals surface area (Å²) in [7, 11) is 0. The van der Waals surface area contributed by atoms with Crippen molar-refractivity contribution in [1.82, 2.24) is 0 Å². The van der Waals surface area contributed by atoms with E-state index in [-0.39, 0.29) is 16.8 Å². The lowest BCUT2D eigenvalue weighted by Crippen LogP contribution is -2.09. The molecule has 0 bridgehead atoms. The maximum absolute atomic E-state index is 13.1. The van der Waals surface area contributed by atoms with E-state index in [1.54, 1.807) is 0 Å². The molecule has 0 saturated carbocycles. The number of rotatable bonds is 3. The van der Waals surface area contributed by atoms with Crippen molar-refractivity contribution in [3.63, 3.8) is 0 Å². The first-order valence-electron chi connectivity index (χ1n) is 4.94. The van der Waals surface area contributed by atoms with Gasteiger partial charge >= 0.3 is 11.9 Å². The molecule has 1 atom stereocenters. The summed E-state index contributed by atoms with van der Waals surface area (Å²) >= 11 is 1.20. The number of halogens is 1. The Bertz CT molecular complexity index is 475. The van der Waals surface area contributed by atoms with E-state index in [1.165, 1.54) is 23.9 Å². The lowest BCUT2D eigenvalue weighted by molar-refractivity contribution is -0.137. The highest BCUT2D eigenvalue weighted by molar-refractivity contribution is 8.00. The smallest absolute Gasteiger partial charge is 0.338 e. The predicted octanol–water partition coefficient (Wildman–Crippen LogP) is 1.93. The minimum absolute atomic E-state index is 0.309. The fraction of sp³-hybridized carbons (Fsp3) is 0.273. The van der Waals surface area contributed by atoms with Crippen molar-refractivity contribution < 1.29 is 23.8 Å². The Morgan fingerprint density at radius 1 is 1.53 bits per heavy atom. The largest absolute Gasteiger partial charge is 0.478 e. The number of cyclic esters (lactones) is 1. The molecule has 1 N–H and O–H groups in total. The highest BCUT2D eigenvalue weighted by atomic mass is 32.2. The molecule has 1 aromatic rings. The second kappa shape index (κ2) is 4.75. The zero-order valence-corrected chi connectivity index (χ0v) is 9.50. The van der Waals surface area contributed by atoms with Crippen LogP contribution in [0.15, 0.2) is 23.1 Å². The molecule has 0 aliphatic carbocycles. The first kappa shape index (κ1) is 11.9. The summed E-state index contributed by atoms with van der Waals surface area (Å²) in [5.41, 5.74) is -0.388. The van der Waals surface area contributed by atoms with Gasteiger partial charge in [-0.3, -0.25) is 4.79 Å². The fourth-order valence-electron chi connectivity index (χ4n) is 1.49. The number of thioether (sulfide) groups is 1. The molecule has 17 heavy (non-hydrogen) atoms. The average Bonchev–Trinajstić information content (AvgIpc) is 2.67. The second-order valence-electron chi connectivity index (χ2n) is 3.51. The molecule has 1 aliphatic heterocycles. The van der Waals surface area contributed by atoms with Crippen molar-refractivity contribution in [2.24, 2.45) is 0 Å². The molecule has 2 rings (SSSR count). The van der Waals surface area contributed by atoms with E-state index >= 15 is 0 Å². The second-order valence-corrected chi connectivity index (χ2v) is 4.79. The van der Waals surface area contributed by atoms with Gasteiger partial charge in [0.25, 0.3) is 0 Å². The van der Waals surface area contributed by atoms with Crippen LogP contribution in [0.4, 0.5) is 4.39 Å². The number of ether oxygens (including phenoxy) is 1. The molecular weight excluding hydrogens is 247 g/mol. The van der Waals surface area contributed by atoms with Gasteiger partial charge in [0, 0.05) is 11.3 Å². The number of carboxylic acids is 1. The summed E-state index contributed by atoms with van der Waals surface area (Å²) in [4.78, 5) is 22.5. The van der Waals surface area contributed by atoms with Gasteiger partial charge in [0.1, 0.15) is 11.1 Å². The van der Waals surface area contributed by atoms with Gasteiger partial charge in [0.05, 0.1) is 12.2 Å². The van der Waals surface area contributed by atoms with Gasteiger partial charge < -0.3 is 9.84 Å². The van der Waals surface area contributed by atoms with Crippen LogP contribution in [0.5, 0.6) is 0 Å².